The second kappa shape index (κ2) is 9.02. The molecule has 2 atom stereocenters. The van der Waals surface area contributed by atoms with Crippen molar-refractivity contribution in [2.75, 3.05) is 32.8 Å². The summed E-state index contributed by atoms with van der Waals surface area (Å²) in [7, 11) is 0. The number of benzene rings is 1. The highest BCUT2D eigenvalue weighted by atomic mass is 35.5. The van der Waals surface area contributed by atoms with Crippen molar-refractivity contribution in [2.24, 2.45) is 11.8 Å². The first kappa shape index (κ1) is 18.7. The number of hydrogen-bond acceptors (Lipinski definition) is 3. The molecule has 25 heavy (non-hydrogen) atoms. The van der Waals surface area contributed by atoms with Gasteiger partial charge in [0.25, 0.3) is 0 Å². The summed E-state index contributed by atoms with van der Waals surface area (Å²) in [6, 6.07) is 8.04. The van der Waals surface area contributed by atoms with Crippen LogP contribution in [0.5, 0.6) is 0 Å². The third-order valence-electron chi connectivity index (χ3n) is 5.74. The lowest BCUT2D eigenvalue weighted by Crippen LogP contribution is -2.45. The van der Waals surface area contributed by atoms with Crippen molar-refractivity contribution in [2.45, 2.75) is 38.6 Å². The second-order valence-corrected chi connectivity index (χ2v) is 7.67. The van der Waals surface area contributed by atoms with Gasteiger partial charge in [-0.2, -0.15) is 0 Å². The Morgan fingerprint density at radius 2 is 1.96 bits per heavy atom. The minimum Gasteiger partial charge on any atom is -0.379 e. The average molecular weight is 365 g/mol. The summed E-state index contributed by atoms with van der Waals surface area (Å²) in [5.74, 6) is 0.818. The molecule has 0 bridgehead atoms. The monoisotopic (exact) mass is 364 g/mol. The highest BCUT2D eigenvalue weighted by Gasteiger charge is 2.29. The fraction of sp³-hybridized carbons (Fsp3) is 0.650. The molecule has 2 fully saturated rings. The first-order valence-corrected chi connectivity index (χ1v) is 9.88. The smallest absolute Gasteiger partial charge is 0.223 e. The van der Waals surface area contributed by atoms with Gasteiger partial charge >= 0.3 is 0 Å². The van der Waals surface area contributed by atoms with Crippen LogP contribution in [-0.4, -0.2) is 43.7 Å². The number of morpholine rings is 1. The molecule has 4 nitrogen and oxygen atoms in total. The van der Waals surface area contributed by atoms with Crippen molar-refractivity contribution >= 4 is 17.5 Å². The van der Waals surface area contributed by atoms with Crippen LogP contribution in [0.4, 0.5) is 0 Å². The number of carbonyl (C=O) groups excluding carboxylic acids is 1. The Labute approximate surface area is 155 Å². The summed E-state index contributed by atoms with van der Waals surface area (Å²) < 4.78 is 5.49. The Balaban J connectivity index is 1.67. The summed E-state index contributed by atoms with van der Waals surface area (Å²) in [6.45, 7) is 5.86. The van der Waals surface area contributed by atoms with Crippen molar-refractivity contribution < 1.29 is 9.53 Å². The van der Waals surface area contributed by atoms with E-state index in [4.69, 9.17) is 16.3 Å². The Morgan fingerprint density at radius 3 is 2.64 bits per heavy atom. The van der Waals surface area contributed by atoms with Gasteiger partial charge in [-0.05, 0) is 30.4 Å². The number of amides is 1. The summed E-state index contributed by atoms with van der Waals surface area (Å²) in [5, 5.41) is 3.96. The highest BCUT2D eigenvalue weighted by molar-refractivity contribution is 6.31. The Kier molecular flexibility index (Phi) is 6.74. The van der Waals surface area contributed by atoms with Crippen LogP contribution in [0, 0.1) is 11.8 Å². The molecule has 0 aromatic heterocycles. The molecule has 138 valence electrons. The molecule has 1 saturated carbocycles. The Bertz CT molecular complexity index is 569. The van der Waals surface area contributed by atoms with Gasteiger partial charge < -0.3 is 10.1 Å². The van der Waals surface area contributed by atoms with Crippen molar-refractivity contribution in [3.63, 3.8) is 0 Å². The van der Waals surface area contributed by atoms with Crippen LogP contribution in [0.25, 0.3) is 0 Å². The standard InChI is InChI=1S/C20H29ClN2O2/c1-15(16-6-2-3-7-16)20(24)22-14-19(23-10-12-25-13-11-23)17-8-4-5-9-18(17)21/h4-5,8-9,15-16,19H,2-3,6-7,10-14H2,1H3,(H,22,24). The first-order valence-electron chi connectivity index (χ1n) is 9.50. The molecular formula is C20H29ClN2O2. The number of nitrogens with zero attached hydrogens (tertiary/aromatic N) is 1. The molecule has 1 aliphatic heterocycles. The van der Waals surface area contributed by atoms with Gasteiger partial charge in [-0.3, -0.25) is 9.69 Å². The molecule has 2 unspecified atom stereocenters. The predicted octanol–water partition coefficient (Wildman–Crippen LogP) is 3.66. The zero-order valence-corrected chi connectivity index (χ0v) is 15.8. The van der Waals surface area contributed by atoms with E-state index in [9.17, 15) is 4.79 Å². The molecule has 1 aromatic rings. The minimum atomic E-state index is 0.0947. The van der Waals surface area contributed by atoms with E-state index in [0.717, 1.165) is 36.9 Å². The van der Waals surface area contributed by atoms with E-state index in [0.29, 0.717) is 12.5 Å². The molecule has 1 saturated heterocycles. The van der Waals surface area contributed by atoms with Crippen molar-refractivity contribution in [1.29, 1.82) is 0 Å². The van der Waals surface area contributed by atoms with Crippen LogP contribution in [0.2, 0.25) is 5.02 Å². The van der Waals surface area contributed by atoms with Crippen LogP contribution in [0.15, 0.2) is 24.3 Å². The fourth-order valence-corrected chi connectivity index (χ4v) is 4.36. The van der Waals surface area contributed by atoms with E-state index < -0.39 is 0 Å². The summed E-state index contributed by atoms with van der Waals surface area (Å²) in [5.41, 5.74) is 1.08. The molecule has 1 aliphatic carbocycles. The fourth-order valence-electron chi connectivity index (χ4n) is 4.10. The van der Waals surface area contributed by atoms with Gasteiger partial charge in [-0.1, -0.05) is 49.6 Å². The lowest BCUT2D eigenvalue weighted by atomic mass is 9.91. The van der Waals surface area contributed by atoms with Crippen LogP contribution in [0.3, 0.4) is 0 Å². The van der Waals surface area contributed by atoms with Gasteiger partial charge in [0, 0.05) is 30.6 Å². The number of nitrogens with one attached hydrogen (secondary N) is 1. The first-order chi connectivity index (χ1) is 12.2. The molecule has 5 heteroatoms. The van der Waals surface area contributed by atoms with Crippen molar-refractivity contribution in [3.8, 4) is 0 Å². The quantitative estimate of drug-likeness (QED) is 0.837. The normalized spacial score (nSPS) is 21.8. The zero-order chi connectivity index (χ0) is 17.6. The van der Waals surface area contributed by atoms with Crippen LogP contribution < -0.4 is 5.32 Å². The maximum Gasteiger partial charge on any atom is 0.223 e. The van der Waals surface area contributed by atoms with Crippen LogP contribution in [0.1, 0.15) is 44.2 Å². The minimum absolute atomic E-state index is 0.0947. The van der Waals surface area contributed by atoms with E-state index in [-0.39, 0.29) is 17.9 Å². The number of carbonyl (C=O) groups is 1. The van der Waals surface area contributed by atoms with E-state index in [1.54, 1.807) is 0 Å². The van der Waals surface area contributed by atoms with Crippen LogP contribution in [-0.2, 0) is 9.53 Å². The highest BCUT2D eigenvalue weighted by Crippen LogP contribution is 2.32. The summed E-state index contributed by atoms with van der Waals surface area (Å²) in [4.78, 5) is 15.0. The van der Waals surface area contributed by atoms with Crippen molar-refractivity contribution in [3.05, 3.63) is 34.9 Å². The molecule has 0 spiro atoms. The predicted molar refractivity (Wildman–Crippen MR) is 101 cm³/mol. The van der Waals surface area contributed by atoms with Gasteiger partial charge in [-0.25, -0.2) is 0 Å². The summed E-state index contributed by atoms with van der Waals surface area (Å²) in [6.07, 6.45) is 4.90. The SMILES string of the molecule is CC(C(=O)NCC(c1ccccc1Cl)N1CCOCC1)C1CCCC1. The molecule has 1 heterocycles. The van der Waals surface area contributed by atoms with E-state index in [2.05, 4.69) is 23.2 Å². The maximum absolute atomic E-state index is 12.6. The van der Waals surface area contributed by atoms with Gasteiger partial charge in [-0.15, -0.1) is 0 Å². The largest absolute Gasteiger partial charge is 0.379 e. The molecular weight excluding hydrogens is 336 g/mol. The van der Waals surface area contributed by atoms with Gasteiger partial charge in [0.1, 0.15) is 0 Å². The number of halogens is 1. The van der Waals surface area contributed by atoms with Crippen LogP contribution >= 0.6 is 11.6 Å². The average Bonchev–Trinajstić information content (AvgIpc) is 3.18. The third kappa shape index (κ3) is 4.75. The molecule has 3 rings (SSSR count). The molecule has 1 aromatic carbocycles. The lowest BCUT2D eigenvalue weighted by molar-refractivity contribution is -0.126. The molecule has 1 N–H and O–H groups in total. The lowest BCUT2D eigenvalue weighted by Gasteiger charge is -2.35. The maximum atomic E-state index is 12.6. The summed E-state index contributed by atoms with van der Waals surface area (Å²) >= 11 is 6.45. The number of ether oxygens (including phenoxy) is 1. The molecule has 0 radical (unpaired) electrons. The van der Waals surface area contributed by atoms with Gasteiger partial charge in [0.05, 0.1) is 19.3 Å². The second-order valence-electron chi connectivity index (χ2n) is 7.26. The van der Waals surface area contributed by atoms with Crippen molar-refractivity contribution in [1.82, 2.24) is 10.2 Å². The Morgan fingerprint density at radius 1 is 1.28 bits per heavy atom. The Hall–Kier alpha value is -1.10. The third-order valence-corrected chi connectivity index (χ3v) is 6.09. The van der Waals surface area contributed by atoms with Gasteiger partial charge in [0.2, 0.25) is 5.91 Å². The topological polar surface area (TPSA) is 41.6 Å². The molecule has 1 amide bonds. The van der Waals surface area contributed by atoms with Gasteiger partial charge in [0.15, 0.2) is 0 Å². The van der Waals surface area contributed by atoms with E-state index >= 15 is 0 Å². The molecule has 2 aliphatic rings. The van der Waals surface area contributed by atoms with E-state index in [1.165, 1.54) is 25.7 Å². The zero-order valence-electron chi connectivity index (χ0n) is 15.0. The van der Waals surface area contributed by atoms with E-state index in [1.807, 2.05) is 18.2 Å². The number of hydrogen-bond donors (Lipinski definition) is 1. The number of rotatable bonds is 6.